The summed E-state index contributed by atoms with van der Waals surface area (Å²) in [7, 11) is 1.68. The highest BCUT2D eigenvalue weighted by molar-refractivity contribution is 5.95. The minimum absolute atomic E-state index is 0.0652. The van der Waals surface area contributed by atoms with Crippen molar-refractivity contribution in [1.29, 1.82) is 0 Å². The largest absolute Gasteiger partial charge is 0.463 e. The maximum atomic E-state index is 13.2. The summed E-state index contributed by atoms with van der Waals surface area (Å²) in [6, 6.07) is 5.27. The van der Waals surface area contributed by atoms with Crippen LogP contribution in [-0.4, -0.2) is 78.5 Å². The first-order valence-electron chi connectivity index (χ1n) is 11.7. The van der Waals surface area contributed by atoms with Gasteiger partial charge in [-0.15, -0.1) is 0 Å². The first-order valence-corrected chi connectivity index (χ1v) is 11.7. The molecule has 1 fully saturated rings. The molecule has 2 aliphatic heterocycles. The van der Waals surface area contributed by atoms with E-state index in [1.807, 2.05) is 50.8 Å². The number of hydrogen-bond acceptors (Lipinski definition) is 5. The third-order valence-corrected chi connectivity index (χ3v) is 6.53. The van der Waals surface area contributed by atoms with Crippen LogP contribution in [0.3, 0.4) is 0 Å². The molecule has 0 radical (unpaired) electrons. The molecule has 0 bridgehead atoms. The number of esters is 1. The zero-order valence-corrected chi connectivity index (χ0v) is 20.6. The Bertz CT molecular complexity index is 958. The van der Waals surface area contributed by atoms with Crippen LogP contribution >= 0.6 is 0 Å². The van der Waals surface area contributed by atoms with Gasteiger partial charge in [-0.25, -0.2) is 9.59 Å². The molecule has 1 aromatic carbocycles. The quantitative estimate of drug-likeness (QED) is 0.666. The molecule has 1 saturated heterocycles. The lowest BCUT2D eigenvalue weighted by atomic mass is 9.90. The molecule has 1 N–H and O–H groups in total. The van der Waals surface area contributed by atoms with Crippen LogP contribution in [0.25, 0.3) is 0 Å². The number of amides is 3. The van der Waals surface area contributed by atoms with Gasteiger partial charge < -0.3 is 15.0 Å². The van der Waals surface area contributed by atoms with Gasteiger partial charge in [-0.3, -0.25) is 14.6 Å². The van der Waals surface area contributed by atoms with Crippen molar-refractivity contribution < 1.29 is 19.1 Å². The molecular formula is C25H36N4O4. The lowest BCUT2D eigenvalue weighted by Gasteiger charge is -2.42. The van der Waals surface area contributed by atoms with E-state index in [2.05, 4.69) is 10.2 Å². The van der Waals surface area contributed by atoms with E-state index in [0.717, 1.165) is 16.7 Å². The number of nitrogens with zero attached hydrogens (tertiary/aromatic N) is 3. The van der Waals surface area contributed by atoms with E-state index in [4.69, 9.17) is 4.74 Å². The highest BCUT2D eigenvalue weighted by Gasteiger charge is 2.38. The van der Waals surface area contributed by atoms with Gasteiger partial charge in [0.15, 0.2) is 0 Å². The van der Waals surface area contributed by atoms with Crippen LogP contribution in [0.4, 0.5) is 4.79 Å². The Labute approximate surface area is 196 Å². The topological polar surface area (TPSA) is 82.2 Å². The monoisotopic (exact) mass is 456 g/mol. The zero-order chi connectivity index (χ0) is 24.3. The fourth-order valence-corrected chi connectivity index (χ4v) is 4.66. The predicted molar refractivity (Wildman–Crippen MR) is 127 cm³/mol. The first-order chi connectivity index (χ1) is 15.7. The number of aryl methyl sites for hydroxylation is 2. The first kappa shape index (κ1) is 24.8. The third kappa shape index (κ3) is 5.21. The standard InChI is InChI=1S/C25H36N4O4/c1-7-21(30)29-12-11-28(14-18(29)5)15-20-22(24(31)33-8-2)23(26-25(32)27(20)6)19-13-16(3)9-10-17(19)4/h9-10,13,18,23H,7-8,11-12,14-15H2,1-6H3,(H,26,32)/t18-,23+/m1/s1. The van der Waals surface area contributed by atoms with Crippen LogP contribution in [0.1, 0.15) is 49.9 Å². The second kappa shape index (κ2) is 10.4. The minimum Gasteiger partial charge on any atom is -0.463 e. The summed E-state index contributed by atoms with van der Waals surface area (Å²) in [6.07, 6.45) is 0.489. The SMILES string of the molecule is CCOC(=O)C1=C(CN2CCN(C(=O)CC)[C@H](C)C2)N(C)C(=O)N[C@H]1c1cc(C)ccc1C. The molecule has 0 unspecified atom stereocenters. The Hall–Kier alpha value is -2.87. The Morgan fingerprint density at radius 2 is 1.91 bits per heavy atom. The van der Waals surface area contributed by atoms with Crippen LogP contribution < -0.4 is 5.32 Å². The molecule has 0 spiro atoms. The molecule has 8 heteroatoms. The number of nitrogens with one attached hydrogen (secondary N) is 1. The summed E-state index contributed by atoms with van der Waals surface area (Å²) in [5, 5.41) is 3.00. The predicted octanol–water partition coefficient (Wildman–Crippen LogP) is 2.76. The van der Waals surface area contributed by atoms with E-state index in [-0.39, 0.29) is 24.6 Å². The van der Waals surface area contributed by atoms with Crippen LogP contribution in [0.15, 0.2) is 29.5 Å². The highest BCUT2D eigenvalue weighted by Crippen LogP contribution is 2.33. The van der Waals surface area contributed by atoms with Crippen molar-refractivity contribution in [1.82, 2.24) is 20.0 Å². The number of carbonyl (C=O) groups is 3. The van der Waals surface area contributed by atoms with Gasteiger partial charge in [0.1, 0.15) is 0 Å². The Morgan fingerprint density at radius 3 is 2.55 bits per heavy atom. The number of benzene rings is 1. The number of piperazine rings is 1. The molecular weight excluding hydrogens is 420 g/mol. The molecule has 1 aromatic rings. The number of likely N-dealkylation sites (N-methyl/N-ethyl adjacent to an activating group) is 1. The minimum atomic E-state index is -0.581. The van der Waals surface area contributed by atoms with Gasteiger partial charge in [0.25, 0.3) is 0 Å². The summed E-state index contributed by atoms with van der Waals surface area (Å²) in [6.45, 7) is 12.3. The number of carbonyl (C=O) groups excluding carboxylic acids is 3. The number of rotatable bonds is 6. The molecule has 2 heterocycles. The van der Waals surface area contributed by atoms with Gasteiger partial charge in [0.05, 0.1) is 18.2 Å². The zero-order valence-electron chi connectivity index (χ0n) is 20.6. The van der Waals surface area contributed by atoms with Crippen LogP contribution in [-0.2, 0) is 14.3 Å². The van der Waals surface area contributed by atoms with E-state index in [0.29, 0.717) is 43.9 Å². The number of ether oxygens (including phenoxy) is 1. The van der Waals surface area contributed by atoms with Gasteiger partial charge in [-0.05, 0) is 38.8 Å². The van der Waals surface area contributed by atoms with Crippen molar-refractivity contribution in [2.24, 2.45) is 0 Å². The molecule has 2 atom stereocenters. The van der Waals surface area contributed by atoms with E-state index >= 15 is 0 Å². The van der Waals surface area contributed by atoms with E-state index in [1.165, 1.54) is 4.90 Å². The van der Waals surface area contributed by atoms with Gasteiger partial charge in [-0.2, -0.15) is 0 Å². The summed E-state index contributed by atoms with van der Waals surface area (Å²) < 4.78 is 5.44. The van der Waals surface area contributed by atoms with E-state index in [1.54, 1.807) is 14.0 Å². The Kier molecular flexibility index (Phi) is 7.79. The average molecular weight is 457 g/mol. The number of hydrogen-bond donors (Lipinski definition) is 1. The normalized spacial score (nSPS) is 21.8. The second-order valence-electron chi connectivity index (χ2n) is 8.91. The Balaban J connectivity index is 2.00. The Morgan fingerprint density at radius 1 is 1.18 bits per heavy atom. The molecule has 0 aromatic heterocycles. The van der Waals surface area contributed by atoms with Crippen molar-refractivity contribution in [3.63, 3.8) is 0 Å². The maximum absolute atomic E-state index is 13.2. The van der Waals surface area contributed by atoms with Crippen LogP contribution in [0, 0.1) is 13.8 Å². The van der Waals surface area contributed by atoms with Crippen LogP contribution in [0.5, 0.6) is 0 Å². The lowest BCUT2D eigenvalue weighted by molar-refractivity contribution is -0.139. The van der Waals surface area contributed by atoms with Crippen molar-refractivity contribution in [2.75, 3.05) is 39.8 Å². The lowest BCUT2D eigenvalue weighted by Crippen LogP contribution is -2.56. The van der Waals surface area contributed by atoms with Gasteiger partial charge in [0.2, 0.25) is 5.91 Å². The molecule has 8 nitrogen and oxygen atoms in total. The van der Waals surface area contributed by atoms with Crippen molar-refractivity contribution in [3.8, 4) is 0 Å². The van der Waals surface area contributed by atoms with Gasteiger partial charge >= 0.3 is 12.0 Å². The molecule has 3 rings (SSSR count). The van der Waals surface area contributed by atoms with E-state index < -0.39 is 12.0 Å². The number of urea groups is 1. The summed E-state index contributed by atoms with van der Waals surface area (Å²) in [5.74, 6) is -0.268. The molecule has 0 saturated carbocycles. The summed E-state index contributed by atoms with van der Waals surface area (Å²) >= 11 is 0. The smallest absolute Gasteiger partial charge is 0.338 e. The fraction of sp³-hybridized carbons (Fsp3) is 0.560. The van der Waals surface area contributed by atoms with Crippen molar-refractivity contribution in [3.05, 3.63) is 46.2 Å². The molecule has 0 aliphatic carbocycles. The molecule has 33 heavy (non-hydrogen) atoms. The van der Waals surface area contributed by atoms with Gasteiger partial charge in [-0.1, -0.05) is 30.7 Å². The average Bonchev–Trinajstić information content (AvgIpc) is 2.78. The fourth-order valence-electron chi connectivity index (χ4n) is 4.66. The van der Waals surface area contributed by atoms with Crippen LogP contribution in [0.2, 0.25) is 0 Å². The summed E-state index contributed by atoms with van der Waals surface area (Å²) in [5.41, 5.74) is 4.05. The molecule has 3 amide bonds. The van der Waals surface area contributed by atoms with Crippen molar-refractivity contribution >= 4 is 17.9 Å². The molecule has 180 valence electrons. The highest BCUT2D eigenvalue weighted by atomic mass is 16.5. The van der Waals surface area contributed by atoms with Crippen molar-refractivity contribution in [2.45, 2.75) is 53.1 Å². The third-order valence-electron chi connectivity index (χ3n) is 6.53. The van der Waals surface area contributed by atoms with Gasteiger partial charge in [0, 0.05) is 51.4 Å². The maximum Gasteiger partial charge on any atom is 0.338 e. The summed E-state index contributed by atoms with van der Waals surface area (Å²) in [4.78, 5) is 44.0. The van der Waals surface area contributed by atoms with E-state index in [9.17, 15) is 14.4 Å². The second-order valence-corrected chi connectivity index (χ2v) is 8.91. The molecule has 2 aliphatic rings.